The smallest absolute Gasteiger partial charge is 0.297 e. The monoisotopic (exact) mass is 338 g/mol. The van der Waals surface area contributed by atoms with Gasteiger partial charge in [-0.05, 0) is 32.2 Å². The predicted octanol–water partition coefficient (Wildman–Crippen LogP) is 2.72. The minimum absolute atomic E-state index is 0. The maximum Gasteiger partial charge on any atom is 0.297 e. The molecule has 2 fully saturated rings. The van der Waals surface area contributed by atoms with Gasteiger partial charge in [0.1, 0.15) is 6.33 Å². The van der Waals surface area contributed by atoms with Gasteiger partial charge in [0.15, 0.2) is 5.82 Å². The lowest BCUT2D eigenvalue weighted by atomic mass is 9.89. The van der Waals surface area contributed by atoms with Gasteiger partial charge in [-0.3, -0.25) is 0 Å². The summed E-state index contributed by atoms with van der Waals surface area (Å²) in [6.45, 7) is 2.03. The van der Waals surface area contributed by atoms with Crippen LogP contribution in [0.2, 0.25) is 0 Å². The summed E-state index contributed by atoms with van der Waals surface area (Å²) in [7, 11) is 0. The number of nitrogens with zero attached hydrogens (tertiary/aromatic N) is 5. The second kappa shape index (κ2) is 7.40. The summed E-state index contributed by atoms with van der Waals surface area (Å²) in [6.07, 6.45) is 10.2. The highest BCUT2D eigenvalue weighted by Crippen LogP contribution is 2.31. The van der Waals surface area contributed by atoms with Crippen LogP contribution >= 0.6 is 12.4 Å². The van der Waals surface area contributed by atoms with E-state index in [1.807, 2.05) is 4.68 Å². The molecule has 1 saturated heterocycles. The molecule has 126 valence electrons. The van der Waals surface area contributed by atoms with Crippen molar-refractivity contribution in [3.63, 3.8) is 0 Å². The Morgan fingerprint density at radius 2 is 2.00 bits per heavy atom. The van der Waals surface area contributed by atoms with Gasteiger partial charge >= 0.3 is 0 Å². The van der Waals surface area contributed by atoms with E-state index in [0.717, 1.165) is 38.2 Å². The Morgan fingerprint density at radius 3 is 2.78 bits per heavy atom. The zero-order valence-corrected chi connectivity index (χ0v) is 14.0. The molecule has 1 aliphatic heterocycles. The predicted molar refractivity (Wildman–Crippen MR) is 87.5 cm³/mol. The third-order valence-electron chi connectivity index (χ3n) is 4.76. The van der Waals surface area contributed by atoms with E-state index in [9.17, 15) is 0 Å². The van der Waals surface area contributed by atoms with Crippen molar-refractivity contribution >= 4 is 12.4 Å². The van der Waals surface area contributed by atoms with E-state index in [1.165, 1.54) is 25.7 Å². The number of rotatable bonds is 3. The molecule has 1 unspecified atom stereocenters. The molecular weight excluding hydrogens is 316 g/mol. The van der Waals surface area contributed by atoms with Gasteiger partial charge in [-0.2, -0.15) is 4.98 Å². The average molecular weight is 339 g/mol. The van der Waals surface area contributed by atoms with Gasteiger partial charge in [0.05, 0.1) is 6.04 Å². The molecule has 2 aliphatic rings. The highest BCUT2D eigenvalue weighted by atomic mass is 35.5. The summed E-state index contributed by atoms with van der Waals surface area (Å²) in [5, 5.41) is 12.1. The quantitative estimate of drug-likeness (QED) is 0.926. The summed E-state index contributed by atoms with van der Waals surface area (Å²) < 4.78 is 7.31. The molecule has 0 amide bonds. The molecule has 23 heavy (non-hydrogen) atoms. The summed E-state index contributed by atoms with van der Waals surface area (Å²) in [4.78, 5) is 8.88. The highest BCUT2D eigenvalue weighted by molar-refractivity contribution is 5.85. The fourth-order valence-electron chi connectivity index (χ4n) is 3.46. The summed E-state index contributed by atoms with van der Waals surface area (Å²) in [6, 6.07) is 0.371. The fourth-order valence-corrected chi connectivity index (χ4v) is 3.46. The average Bonchev–Trinajstić information content (AvgIpc) is 3.26. The fraction of sp³-hybridized carbons (Fsp3) is 0.733. The van der Waals surface area contributed by atoms with Gasteiger partial charge in [0.2, 0.25) is 5.82 Å². The van der Waals surface area contributed by atoms with Crippen LogP contribution in [0.3, 0.4) is 0 Å². The molecule has 7 nitrogen and oxygen atoms in total. The van der Waals surface area contributed by atoms with Gasteiger partial charge < -0.3 is 9.84 Å². The van der Waals surface area contributed by atoms with Crippen LogP contribution in [-0.4, -0.2) is 38.0 Å². The molecule has 4 rings (SSSR count). The van der Waals surface area contributed by atoms with Crippen LogP contribution in [0.5, 0.6) is 0 Å². The van der Waals surface area contributed by atoms with Crippen molar-refractivity contribution in [1.82, 2.24) is 30.2 Å². The lowest BCUT2D eigenvalue weighted by molar-refractivity contribution is 0.345. The first kappa shape index (κ1) is 16.4. The summed E-state index contributed by atoms with van der Waals surface area (Å²) in [5.74, 6) is 2.25. The molecule has 1 atom stereocenters. The van der Waals surface area contributed by atoms with Crippen molar-refractivity contribution in [3.05, 3.63) is 12.2 Å². The molecule has 2 aromatic rings. The van der Waals surface area contributed by atoms with E-state index in [0.29, 0.717) is 23.7 Å². The zero-order valence-electron chi connectivity index (χ0n) is 13.1. The topological polar surface area (TPSA) is 81.7 Å². The molecule has 0 aromatic carbocycles. The van der Waals surface area contributed by atoms with Crippen LogP contribution in [0.1, 0.15) is 62.7 Å². The van der Waals surface area contributed by atoms with Gasteiger partial charge in [0.25, 0.3) is 5.89 Å². The first-order valence-electron chi connectivity index (χ1n) is 8.36. The number of hydrogen-bond donors (Lipinski definition) is 1. The van der Waals surface area contributed by atoms with E-state index < -0.39 is 0 Å². The Morgan fingerprint density at radius 1 is 1.13 bits per heavy atom. The number of aromatic nitrogens is 5. The molecule has 3 heterocycles. The van der Waals surface area contributed by atoms with E-state index >= 15 is 0 Å². The van der Waals surface area contributed by atoms with E-state index in [1.54, 1.807) is 6.33 Å². The number of nitrogens with one attached hydrogen (secondary N) is 1. The third kappa shape index (κ3) is 3.55. The standard InChI is InChI=1S/C15H22N6O.ClH/c1-2-5-11(6-3-1)13-18-15(22-20-13)14-17-10-21(19-14)12-7-4-8-16-9-12;/h10-12,16H,1-9H2;1H. The van der Waals surface area contributed by atoms with Crippen molar-refractivity contribution in [3.8, 4) is 11.7 Å². The van der Waals surface area contributed by atoms with Gasteiger partial charge in [-0.25, -0.2) is 9.67 Å². The highest BCUT2D eigenvalue weighted by Gasteiger charge is 2.23. The lowest BCUT2D eigenvalue weighted by Gasteiger charge is -2.22. The molecule has 0 bridgehead atoms. The number of hydrogen-bond acceptors (Lipinski definition) is 6. The van der Waals surface area contributed by atoms with E-state index in [4.69, 9.17) is 4.52 Å². The third-order valence-corrected chi connectivity index (χ3v) is 4.76. The van der Waals surface area contributed by atoms with E-state index in [-0.39, 0.29) is 12.4 Å². The van der Waals surface area contributed by atoms with Crippen LogP contribution in [0.15, 0.2) is 10.9 Å². The van der Waals surface area contributed by atoms with Crippen molar-refractivity contribution in [1.29, 1.82) is 0 Å². The SMILES string of the molecule is Cl.c1nc(-c2nc(C3CCCCC3)no2)nn1C1CCCNC1. The molecule has 8 heteroatoms. The summed E-state index contributed by atoms with van der Waals surface area (Å²) in [5.41, 5.74) is 0. The second-order valence-electron chi connectivity index (χ2n) is 6.34. The van der Waals surface area contributed by atoms with Crippen molar-refractivity contribution in [2.45, 2.75) is 56.9 Å². The minimum atomic E-state index is 0. The first-order valence-corrected chi connectivity index (χ1v) is 8.36. The molecule has 2 aromatic heterocycles. The van der Waals surface area contributed by atoms with Crippen LogP contribution in [-0.2, 0) is 0 Å². The molecule has 0 spiro atoms. The van der Waals surface area contributed by atoms with Crippen LogP contribution < -0.4 is 5.32 Å². The Balaban J connectivity index is 0.00000156. The zero-order chi connectivity index (χ0) is 14.8. The minimum Gasteiger partial charge on any atom is -0.330 e. The van der Waals surface area contributed by atoms with Crippen molar-refractivity contribution in [2.24, 2.45) is 0 Å². The Hall–Kier alpha value is -1.47. The first-order chi connectivity index (χ1) is 10.9. The van der Waals surface area contributed by atoms with Crippen LogP contribution in [0.25, 0.3) is 11.7 Å². The lowest BCUT2D eigenvalue weighted by Crippen LogP contribution is -2.31. The van der Waals surface area contributed by atoms with Gasteiger partial charge in [-0.15, -0.1) is 17.5 Å². The maximum absolute atomic E-state index is 5.39. The molecule has 1 aliphatic carbocycles. The molecular formula is C15H23ClN6O. The molecule has 1 N–H and O–H groups in total. The van der Waals surface area contributed by atoms with Crippen LogP contribution in [0, 0.1) is 0 Å². The van der Waals surface area contributed by atoms with Crippen LogP contribution in [0.4, 0.5) is 0 Å². The van der Waals surface area contributed by atoms with Gasteiger partial charge in [-0.1, -0.05) is 24.4 Å². The largest absolute Gasteiger partial charge is 0.330 e. The Labute approximate surface area is 141 Å². The maximum atomic E-state index is 5.39. The number of piperidine rings is 1. The van der Waals surface area contributed by atoms with E-state index in [2.05, 4.69) is 25.5 Å². The second-order valence-corrected chi connectivity index (χ2v) is 6.34. The molecule has 1 saturated carbocycles. The Kier molecular flexibility index (Phi) is 5.27. The Bertz CT molecular complexity index is 561. The normalized spacial score (nSPS) is 22.7. The molecule has 0 radical (unpaired) electrons. The summed E-state index contributed by atoms with van der Waals surface area (Å²) >= 11 is 0. The van der Waals surface area contributed by atoms with Crippen molar-refractivity contribution in [2.75, 3.05) is 13.1 Å². The van der Waals surface area contributed by atoms with Crippen molar-refractivity contribution < 1.29 is 4.52 Å². The van der Waals surface area contributed by atoms with Gasteiger partial charge in [0, 0.05) is 12.5 Å². The number of halogens is 1.